The molecule has 4 aromatic rings. The minimum absolute atomic E-state index is 0.613. The molecule has 0 aromatic carbocycles. The number of unbranched alkanes of at least 4 members (excludes halogenated alkanes) is 3. The van der Waals surface area contributed by atoms with Gasteiger partial charge in [0.15, 0.2) is 36.2 Å². The fraction of sp³-hybridized carbons (Fsp3) is 0.364. The van der Waals surface area contributed by atoms with Gasteiger partial charge in [0, 0.05) is 12.1 Å². The zero-order chi connectivity index (χ0) is 22.2. The average molecular weight is 471 g/mol. The summed E-state index contributed by atoms with van der Waals surface area (Å²) >= 11 is 2.36. The minimum Gasteiger partial charge on any atom is -0.475 e. The van der Waals surface area contributed by atoms with Crippen molar-refractivity contribution in [2.45, 2.75) is 25.7 Å². The lowest BCUT2D eigenvalue weighted by Gasteiger charge is -2.06. The molecular formula is C22H26N6O2S2+2. The van der Waals surface area contributed by atoms with E-state index in [1.54, 1.807) is 0 Å². The highest BCUT2D eigenvalue weighted by molar-refractivity contribution is 6.99. The first kappa shape index (κ1) is 22.2. The molecule has 8 nitrogen and oxygen atoms in total. The van der Waals surface area contributed by atoms with E-state index in [1.807, 2.05) is 72.3 Å². The number of rotatable bonds is 11. The second-order valence-corrected chi connectivity index (χ2v) is 8.52. The van der Waals surface area contributed by atoms with Gasteiger partial charge in [-0.2, -0.15) is 8.75 Å². The van der Waals surface area contributed by atoms with E-state index in [0.717, 1.165) is 48.2 Å². The van der Waals surface area contributed by atoms with Crippen LogP contribution in [0.25, 0.3) is 22.5 Å². The van der Waals surface area contributed by atoms with Gasteiger partial charge in [0.25, 0.3) is 11.8 Å². The first-order valence-electron chi connectivity index (χ1n) is 10.5. The molecule has 0 unspecified atom stereocenters. The number of ether oxygens (including phenoxy) is 2. The molecule has 0 radical (unpaired) electrons. The van der Waals surface area contributed by atoms with Gasteiger partial charge >= 0.3 is 0 Å². The molecule has 0 saturated carbocycles. The van der Waals surface area contributed by atoms with E-state index in [9.17, 15) is 0 Å². The van der Waals surface area contributed by atoms with Crippen molar-refractivity contribution in [1.29, 1.82) is 0 Å². The number of hydrogen-bond acceptors (Lipinski definition) is 8. The van der Waals surface area contributed by atoms with Crippen molar-refractivity contribution < 1.29 is 18.6 Å². The molecule has 0 spiro atoms. The largest absolute Gasteiger partial charge is 0.475 e. The summed E-state index contributed by atoms with van der Waals surface area (Å²) in [6.07, 6.45) is 12.1. The predicted molar refractivity (Wildman–Crippen MR) is 123 cm³/mol. The minimum atomic E-state index is 0.613. The molecule has 10 heteroatoms. The van der Waals surface area contributed by atoms with Crippen molar-refractivity contribution in [2.24, 2.45) is 14.1 Å². The smallest absolute Gasteiger partial charge is 0.254 e. The van der Waals surface area contributed by atoms with Gasteiger partial charge in [0.1, 0.15) is 14.1 Å². The molecular weight excluding hydrogens is 444 g/mol. The highest BCUT2D eigenvalue weighted by Gasteiger charge is 2.15. The number of hydrogen-bond donors (Lipinski definition) is 0. The maximum Gasteiger partial charge on any atom is 0.254 e. The van der Waals surface area contributed by atoms with Gasteiger partial charge < -0.3 is 9.47 Å². The SMILES string of the molecule is C[n+]1cccc(-c2nsnc2OCCCCCCOc2nsnc2-c2ccc[n+](C)c2)c1. The van der Waals surface area contributed by atoms with Crippen molar-refractivity contribution in [3.63, 3.8) is 0 Å². The summed E-state index contributed by atoms with van der Waals surface area (Å²) in [6, 6.07) is 8.02. The lowest BCUT2D eigenvalue weighted by molar-refractivity contribution is -0.671. The molecule has 0 amide bonds. The second-order valence-electron chi connectivity index (χ2n) is 7.46. The lowest BCUT2D eigenvalue weighted by atomic mass is 10.2. The average Bonchev–Trinajstić information content (AvgIpc) is 3.45. The maximum absolute atomic E-state index is 5.89. The van der Waals surface area contributed by atoms with E-state index in [1.165, 1.54) is 23.5 Å². The highest BCUT2D eigenvalue weighted by atomic mass is 32.1. The zero-order valence-electron chi connectivity index (χ0n) is 18.2. The summed E-state index contributed by atoms with van der Waals surface area (Å²) in [5.74, 6) is 1.23. The topological polar surface area (TPSA) is 77.8 Å². The Hall–Kier alpha value is -2.98. The van der Waals surface area contributed by atoms with Gasteiger partial charge in [-0.1, -0.05) is 0 Å². The summed E-state index contributed by atoms with van der Waals surface area (Å²) in [7, 11) is 3.97. The Kier molecular flexibility index (Phi) is 7.68. The van der Waals surface area contributed by atoms with Gasteiger partial charge in [0.2, 0.25) is 0 Å². The third kappa shape index (κ3) is 5.83. The third-order valence-corrected chi connectivity index (χ3v) is 5.88. The summed E-state index contributed by atoms with van der Waals surface area (Å²) in [5.41, 5.74) is 3.63. The Morgan fingerprint density at radius 3 is 1.59 bits per heavy atom. The molecule has 0 atom stereocenters. The number of aryl methyl sites for hydroxylation is 2. The Balaban J connectivity index is 1.15. The number of aromatic nitrogens is 6. The number of pyridine rings is 2. The standard InChI is InChI=1S/C22H26N6O2S2/c1-27-11-7-9-17(15-27)19-21(25-31-23-19)29-13-5-3-4-6-14-30-22-20(24-32-26-22)18-10-8-12-28(2)16-18/h7-12,15-16H,3-6,13-14H2,1-2H3/q+2. The Labute approximate surface area is 195 Å². The molecule has 0 aliphatic carbocycles. The van der Waals surface area contributed by atoms with E-state index in [-0.39, 0.29) is 0 Å². The molecule has 0 aliphatic rings. The quantitative estimate of drug-likeness (QED) is 0.247. The molecule has 0 N–H and O–H groups in total. The fourth-order valence-electron chi connectivity index (χ4n) is 3.25. The van der Waals surface area contributed by atoms with Crippen LogP contribution in [0.1, 0.15) is 25.7 Å². The highest BCUT2D eigenvalue weighted by Crippen LogP contribution is 2.28. The van der Waals surface area contributed by atoms with Crippen LogP contribution >= 0.6 is 23.5 Å². The second kappa shape index (κ2) is 11.1. The molecule has 166 valence electrons. The first-order valence-corrected chi connectivity index (χ1v) is 12.0. The molecule has 4 aromatic heterocycles. The molecule has 0 fully saturated rings. The monoisotopic (exact) mass is 470 g/mol. The van der Waals surface area contributed by atoms with Crippen LogP contribution in [0, 0.1) is 0 Å². The van der Waals surface area contributed by atoms with E-state index in [0.29, 0.717) is 25.0 Å². The first-order chi connectivity index (χ1) is 15.7. The van der Waals surface area contributed by atoms with Gasteiger partial charge in [0.05, 0.1) is 47.8 Å². The van der Waals surface area contributed by atoms with Crippen molar-refractivity contribution in [3.05, 3.63) is 49.1 Å². The van der Waals surface area contributed by atoms with Crippen LogP contribution in [0.2, 0.25) is 0 Å². The van der Waals surface area contributed by atoms with Crippen LogP contribution in [0.3, 0.4) is 0 Å². The van der Waals surface area contributed by atoms with Crippen LogP contribution in [0.5, 0.6) is 11.8 Å². The summed E-state index contributed by atoms with van der Waals surface area (Å²) in [4.78, 5) is 0. The van der Waals surface area contributed by atoms with Crippen molar-refractivity contribution in [1.82, 2.24) is 17.5 Å². The molecule has 0 bridgehead atoms. The normalized spacial score (nSPS) is 10.9. The van der Waals surface area contributed by atoms with E-state index >= 15 is 0 Å². The third-order valence-electron chi connectivity index (χ3n) is 4.86. The van der Waals surface area contributed by atoms with Gasteiger partial charge in [-0.15, -0.1) is 8.75 Å². The molecule has 0 aliphatic heterocycles. The fourth-order valence-corrected chi connectivity index (χ4v) is 4.29. The van der Waals surface area contributed by atoms with Crippen LogP contribution in [0.15, 0.2) is 49.1 Å². The van der Waals surface area contributed by atoms with E-state index < -0.39 is 0 Å². The Morgan fingerprint density at radius 2 is 1.16 bits per heavy atom. The zero-order valence-corrected chi connectivity index (χ0v) is 19.8. The lowest BCUT2D eigenvalue weighted by Crippen LogP contribution is -2.26. The Morgan fingerprint density at radius 1 is 0.688 bits per heavy atom. The Bertz CT molecular complexity index is 1060. The van der Waals surface area contributed by atoms with Crippen molar-refractivity contribution in [2.75, 3.05) is 13.2 Å². The molecule has 32 heavy (non-hydrogen) atoms. The summed E-state index contributed by atoms with van der Waals surface area (Å²) in [6.45, 7) is 1.26. The van der Waals surface area contributed by atoms with Crippen LogP contribution in [0.4, 0.5) is 0 Å². The maximum atomic E-state index is 5.89. The van der Waals surface area contributed by atoms with Gasteiger partial charge in [-0.25, -0.2) is 9.13 Å². The molecule has 0 saturated heterocycles. The van der Waals surface area contributed by atoms with Crippen molar-refractivity contribution in [3.8, 4) is 34.3 Å². The van der Waals surface area contributed by atoms with Crippen LogP contribution in [-0.4, -0.2) is 30.7 Å². The summed E-state index contributed by atoms with van der Waals surface area (Å²) in [5, 5.41) is 0. The predicted octanol–water partition coefficient (Wildman–Crippen LogP) is 3.39. The van der Waals surface area contributed by atoms with Gasteiger partial charge in [-0.3, -0.25) is 0 Å². The van der Waals surface area contributed by atoms with E-state index in [2.05, 4.69) is 17.5 Å². The molecule has 4 rings (SSSR count). The van der Waals surface area contributed by atoms with Crippen LogP contribution < -0.4 is 18.6 Å². The summed E-state index contributed by atoms with van der Waals surface area (Å²) < 4.78 is 33.1. The number of nitrogens with zero attached hydrogens (tertiary/aromatic N) is 6. The van der Waals surface area contributed by atoms with Crippen LogP contribution in [-0.2, 0) is 14.1 Å². The van der Waals surface area contributed by atoms with E-state index in [4.69, 9.17) is 9.47 Å². The van der Waals surface area contributed by atoms with Crippen molar-refractivity contribution >= 4 is 23.5 Å². The van der Waals surface area contributed by atoms with Gasteiger partial charge in [-0.05, 0) is 37.8 Å². The molecule has 4 heterocycles.